The molecule has 3 heterocycles. The minimum absolute atomic E-state index is 0.295. The first-order valence-electron chi connectivity index (χ1n) is 11.3. The Bertz CT molecular complexity index is 1310. The van der Waals surface area contributed by atoms with Crippen LogP contribution < -0.4 is 15.7 Å². The summed E-state index contributed by atoms with van der Waals surface area (Å²) in [5, 5.41) is 4.84. The fourth-order valence-electron chi connectivity index (χ4n) is 4.13. The van der Waals surface area contributed by atoms with Crippen molar-refractivity contribution >= 4 is 51.4 Å². The molecule has 3 aromatic rings. The molecular formula is C25H24Cl2N4O3. The number of ether oxygens (including phenoxy) is 1. The van der Waals surface area contributed by atoms with Crippen LogP contribution in [-0.4, -0.2) is 34.5 Å². The van der Waals surface area contributed by atoms with Crippen molar-refractivity contribution in [1.82, 2.24) is 14.7 Å². The van der Waals surface area contributed by atoms with Crippen molar-refractivity contribution in [2.45, 2.75) is 25.7 Å². The highest BCUT2D eigenvalue weighted by Crippen LogP contribution is 2.36. The summed E-state index contributed by atoms with van der Waals surface area (Å²) in [6.45, 7) is 1.77. The number of rotatable bonds is 6. The van der Waals surface area contributed by atoms with Gasteiger partial charge in [-0.2, -0.15) is 4.98 Å². The number of para-hydroxylation sites is 1. The van der Waals surface area contributed by atoms with Gasteiger partial charge in [-0.3, -0.25) is 4.79 Å². The molecule has 34 heavy (non-hydrogen) atoms. The molecule has 0 spiro atoms. The van der Waals surface area contributed by atoms with Gasteiger partial charge >= 0.3 is 0 Å². The molecule has 1 fully saturated rings. The van der Waals surface area contributed by atoms with Crippen LogP contribution in [-0.2, 0) is 4.74 Å². The molecule has 2 aromatic heterocycles. The number of hydrogen-bond donors (Lipinski definition) is 1. The largest absolute Gasteiger partial charge is 0.408 e. The summed E-state index contributed by atoms with van der Waals surface area (Å²) in [5.41, 5.74) is 1.77. The number of halogens is 2. The van der Waals surface area contributed by atoms with Crippen LogP contribution >= 0.6 is 23.2 Å². The highest BCUT2D eigenvalue weighted by Gasteiger charge is 2.23. The van der Waals surface area contributed by atoms with Gasteiger partial charge in [0.25, 0.3) is 5.56 Å². The average Bonchev–Trinajstić information content (AvgIpc) is 2.85. The molecule has 0 radical (unpaired) electrons. The number of aromatic nitrogens is 3. The maximum atomic E-state index is 13.7. The van der Waals surface area contributed by atoms with Crippen LogP contribution in [0.15, 0.2) is 63.5 Å². The Labute approximate surface area is 207 Å². The van der Waals surface area contributed by atoms with Crippen molar-refractivity contribution < 1.29 is 9.57 Å². The zero-order chi connectivity index (χ0) is 23.5. The molecule has 176 valence electrons. The van der Waals surface area contributed by atoms with E-state index in [-0.39, 0.29) is 5.56 Å². The molecular weight excluding hydrogens is 475 g/mol. The van der Waals surface area contributed by atoms with Crippen LogP contribution in [0.5, 0.6) is 0 Å². The molecule has 0 saturated carbocycles. The predicted molar refractivity (Wildman–Crippen MR) is 134 cm³/mol. The van der Waals surface area contributed by atoms with Gasteiger partial charge in [0.1, 0.15) is 6.61 Å². The summed E-state index contributed by atoms with van der Waals surface area (Å²) in [7, 11) is 0. The third-order valence-corrected chi connectivity index (χ3v) is 6.70. The van der Waals surface area contributed by atoms with Crippen molar-refractivity contribution in [2.24, 2.45) is 5.92 Å². The van der Waals surface area contributed by atoms with E-state index in [1.54, 1.807) is 12.3 Å². The lowest BCUT2D eigenvalue weighted by molar-refractivity contribution is 0.0151. The average molecular weight is 499 g/mol. The van der Waals surface area contributed by atoms with E-state index in [1.165, 1.54) is 4.73 Å². The van der Waals surface area contributed by atoms with Crippen LogP contribution in [0.25, 0.3) is 16.6 Å². The summed E-state index contributed by atoms with van der Waals surface area (Å²) < 4.78 is 6.70. The number of benzene rings is 1. The second kappa shape index (κ2) is 10.2. The van der Waals surface area contributed by atoms with Crippen molar-refractivity contribution in [3.63, 3.8) is 0 Å². The summed E-state index contributed by atoms with van der Waals surface area (Å²) >= 11 is 13.0. The van der Waals surface area contributed by atoms with Gasteiger partial charge < -0.3 is 14.9 Å². The SMILES string of the molecule is O=c1c(C2=C(Cl)CCC=C2Cl)cc2cnc(Nc3ccccc3)nc2n1OCC1CCOCC1. The molecule has 1 aliphatic carbocycles. The molecule has 0 bridgehead atoms. The van der Waals surface area contributed by atoms with Crippen molar-refractivity contribution in [2.75, 3.05) is 25.1 Å². The topological polar surface area (TPSA) is 78.3 Å². The molecule has 5 rings (SSSR count). The zero-order valence-corrected chi connectivity index (χ0v) is 20.0. The van der Waals surface area contributed by atoms with E-state index in [0.29, 0.717) is 70.3 Å². The number of hydrogen-bond acceptors (Lipinski definition) is 6. The Hall–Kier alpha value is -2.87. The lowest BCUT2D eigenvalue weighted by Crippen LogP contribution is -2.34. The number of allylic oxidation sites excluding steroid dienone is 4. The number of pyridine rings is 1. The lowest BCUT2D eigenvalue weighted by Gasteiger charge is -2.23. The summed E-state index contributed by atoms with van der Waals surface area (Å²) in [4.78, 5) is 28.8. The molecule has 0 atom stereocenters. The predicted octanol–water partition coefficient (Wildman–Crippen LogP) is 5.26. The van der Waals surface area contributed by atoms with Crippen LogP contribution in [0, 0.1) is 5.92 Å². The fourth-order valence-corrected chi connectivity index (χ4v) is 4.82. The van der Waals surface area contributed by atoms with Gasteiger partial charge in [-0.25, -0.2) is 4.98 Å². The van der Waals surface area contributed by atoms with Gasteiger partial charge in [-0.05, 0) is 49.8 Å². The minimum atomic E-state index is -0.356. The fraction of sp³-hybridized carbons (Fsp3) is 0.320. The molecule has 0 amide bonds. The Morgan fingerprint density at radius 2 is 1.97 bits per heavy atom. The monoisotopic (exact) mass is 498 g/mol. The van der Waals surface area contributed by atoms with E-state index in [4.69, 9.17) is 32.8 Å². The third-order valence-electron chi connectivity index (χ3n) is 5.98. The molecule has 9 heteroatoms. The summed E-state index contributed by atoms with van der Waals surface area (Å²) in [6.07, 6.45) is 6.68. The van der Waals surface area contributed by atoms with E-state index >= 15 is 0 Å². The molecule has 1 saturated heterocycles. The zero-order valence-electron chi connectivity index (χ0n) is 18.5. The number of nitrogens with one attached hydrogen (secondary N) is 1. The molecule has 1 aromatic carbocycles. The molecule has 1 aliphatic heterocycles. The third kappa shape index (κ3) is 4.82. The highest BCUT2D eigenvalue weighted by molar-refractivity contribution is 6.42. The Kier molecular flexibility index (Phi) is 6.85. The van der Waals surface area contributed by atoms with Crippen LogP contribution in [0.4, 0.5) is 11.6 Å². The molecule has 7 nitrogen and oxygen atoms in total. The van der Waals surface area contributed by atoms with Gasteiger partial charge in [0.15, 0.2) is 5.65 Å². The van der Waals surface area contributed by atoms with E-state index in [2.05, 4.69) is 15.3 Å². The van der Waals surface area contributed by atoms with Crippen LogP contribution in [0.2, 0.25) is 0 Å². The van der Waals surface area contributed by atoms with Crippen molar-refractivity contribution in [3.8, 4) is 0 Å². The maximum absolute atomic E-state index is 13.7. The van der Waals surface area contributed by atoms with Gasteiger partial charge in [-0.1, -0.05) is 47.5 Å². The van der Waals surface area contributed by atoms with Gasteiger partial charge in [-0.15, -0.1) is 4.73 Å². The van der Waals surface area contributed by atoms with Crippen molar-refractivity contribution in [3.05, 3.63) is 74.7 Å². The van der Waals surface area contributed by atoms with Gasteiger partial charge in [0.2, 0.25) is 5.95 Å². The first-order chi connectivity index (χ1) is 16.6. The first-order valence-corrected chi connectivity index (χ1v) is 12.1. The molecule has 2 aliphatic rings. The lowest BCUT2D eigenvalue weighted by atomic mass is 9.99. The van der Waals surface area contributed by atoms with Crippen LogP contribution in [0.1, 0.15) is 31.2 Å². The van der Waals surface area contributed by atoms with Gasteiger partial charge in [0.05, 0.1) is 5.56 Å². The number of nitrogens with zero attached hydrogens (tertiary/aromatic N) is 3. The van der Waals surface area contributed by atoms with Gasteiger partial charge in [0, 0.05) is 46.1 Å². The molecule has 1 N–H and O–H groups in total. The Balaban J connectivity index is 1.59. The standard InChI is InChI=1S/C25H24Cl2N4O3/c26-20-7-4-8-21(27)22(20)19-13-17-14-28-25(29-18-5-2-1-3-6-18)30-23(17)31(24(19)32)34-15-16-9-11-33-12-10-16/h1-3,5-7,13-14,16H,4,8-12,15H2,(H,28,29,30). The smallest absolute Gasteiger partial charge is 0.293 e. The van der Waals surface area contributed by atoms with E-state index in [0.717, 1.165) is 24.9 Å². The number of fused-ring (bicyclic) bond motifs is 1. The summed E-state index contributed by atoms with van der Waals surface area (Å²) in [6, 6.07) is 11.3. The summed E-state index contributed by atoms with van der Waals surface area (Å²) in [5.74, 6) is 0.659. The molecule has 0 unspecified atom stereocenters. The second-order valence-electron chi connectivity index (χ2n) is 8.34. The first kappa shape index (κ1) is 22.9. The maximum Gasteiger partial charge on any atom is 0.293 e. The highest BCUT2D eigenvalue weighted by atomic mass is 35.5. The van der Waals surface area contributed by atoms with Crippen molar-refractivity contribution in [1.29, 1.82) is 0 Å². The van der Waals surface area contributed by atoms with E-state index in [9.17, 15) is 4.79 Å². The minimum Gasteiger partial charge on any atom is -0.408 e. The van der Waals surface area contributed by atoms with E-state index in [1.807, 2.05) is 36.4 Å². The second-order valence-corrected chi connectivity index (χ2v) is 9.21. The quantitative estimate of drug-likeness (QED) is 0.499. The van der Waals surface area contributed by atoms with E-state index < -0.39 is 0 Å². The normalized spacial score (nSPS) is 17.1. The Morgan fingerprint density at radius 3 is 2.74 bits per heavy atom. The van der Waals surface area contributed by atoms with Crippen LogP contribution in [0.3, 0.4) is 0 Å². The Morgan fingerprint density at radius 1 is 1.18 bits per heavy atom. The number of anilines is 2.